The summed E-state index contributed by atoms with van der Waals surface area (Å²) in [5, 5.41) is 14.2. The number of halogens is 4. The lowest BCUT2D eigenvalue weighted by Crippen LogP contribution is -2.47. The van der Waals surface area contributed by atoms with Gasteiger partial charge in [0.05, 0.1) is 0 Å². The Balaban J connectivity index is 0.00000450. The molecule has 1 aliphatic rings. The van der Waals surface area contributed by atoms with E-state index in [0.29, 0.717) is 48.6 Å². The summed E-state index contributed by atoms with van der Waals surface area (Å²) in [6.07, 6.45) is 2.34. The Morgan fingerprint density at radius 3 is 2.43 bits per heavy atom. The molecular formula is C16H27F3IN7O2S. The van der Waals surface area contributed by atoms with E-state index >= 15 is 0 Å². The Morgan fingerprint density at radius 1 is 1.30 bits per heavy atom. The number of sulfonamides is 1. The van der Waals surface area contributed by atoms with Crippen LogP contribution in [0.4, 0.5) is 13.2 Å². The molecule has 9 nitrogen and oxygen atoms in total. The van der Waals surface area contributed by atoms with Crippen LogP contribution in [0.5, 0.6) is 0 Å². The predicted octanol–water partition coefficient (Wildman–Crippen LogP) is 1.52. The number of nitrogens with zero attached hydrogens (tertiary/aromatic N) is 5. The fraction of sp³-hybridized carbons (Fsp3) is 0.688. The summed E-state index contributed by atoms with van der Waals surface area (Å²) in [6, 6.07) is 0. The highest BCUT2D eigenvalue weighted by atomic mass is 127. The molecule has 1 fully saturated rings. The van der Waals surface area contributed by atoms with Gasteiger partial charge in [0.15, 0.2) is 11.8 Å². The first-order valence-corrected chi connectivity index (χ1v) is 10.5. The van der Waals surface area contributed by atoms with Crippen molar-refractivity contribution in [1.29, 1.82) is 0 Å². The van der Waals surface area contributed by atoms with E-state index < -0.39 is 15.5 Å². The number of nitrogens with one attached hydrogen (secondary N) is 2. The number of aryl methyl sites for hydroxylation is 1. The van der Waals surface area contributed by atoms with Crippen molar-refractivity contribution < 1.29 is 21.6 Å². The number of piperidine rings is 1. The molecule has 2 N–H and O–H groups in total. The molecule has 14 heteroatoms. The molecule has 172 valence electrons. The van der Waals surface area contributed by atoms with Crippen LogP contribution >= 0.6 is 24.0 Å². The summed E-state index contributed by atoms with van der Waals surface area (Å²) in [6.45, 7) is 6.40. The zero-order chi connectivity index (χ0) is 21.7. The van der Waals surface area contributed by atoms with Crippen molar-refractivity contribution in [2.75, 3.05) is 26.2 Å². The Labute approximate surface area is 191 Å². The third-order valence-corrected chi connectivity index (χ3v) is 6.37. The SMILES string of the molecule is C=CCNC(=NCc1nnc(C)n1C)NCC1CCN(S(=O)(=O)C(F)(F)F)CC1.I. The molecule has 0 unspecified atom stereocenters. The van der Waals surface area contributed by atoms with Gasteiger partial charge in [0.2, 0.25) is 0 Å². The van der Waals surface area contributed by atoms with Crippen molar-refractivity contribution >= 4 is 40.0 Å². The van der Waals surface area contributed by atoms with Crippen molar-refractivity contribution in [3.05, 3.63) is 24.3 Å². The van der Waals surface area contributed by atoms with E-state index in [0.717, 1.165) is 5.82 Å². The molecule has 0 spiro atoms. The maximum absolute atomic E-state index is 12.7. The first-order chi connectivity index (χ1) is 13.6. The molecule has 2 rings (SSSR count). The van der Waals surface area contributed by atoms with Gasteiger partial charge in [-0.3, -0.25) is 0 Å². The number of aliphatic imine (C=N–C) groups is 1. The summed E-state index contributed by atoms with van der Waals surface area (Å²) >= 11 is 0. The van der Waals surface area contributed by atoms with Crippen LogP contribution in [0.25, 0.3) is 0 Å². The molecule has 0 radical (unpaired) electrons. The van der Waals surface area contributed by atoms with Crippen LogP contribution in [0.3, 0.4) is 0 Å². The normalized spacial score (nSPS) is 16.8. The van der Waals surface area contributed by atoms with Gasteiger partial charge in [-0.25, -0.2) is 13.4 Å². The minimum Gasteiger partial charge on any atom is -0.356 e. The van der Waals surface area contributed by atoms with Crippen molar-refractivity contribution in [2.45, 2.75) is 31.8 Å². The van der Waals surface area contributed by atoms with Crippen molar-refractivity contribution in [1.82, 2.24) is 29.7 Å². The minimum atomic E-state index is -5.26. The van der Waals surface area contributed by atoms with Crippen molar-refractivity contribution in [3.63, 3.8) is 0 Å². The van der Waals surface area contributed by atoms with Crippen LogP contribution in [0, 0.1) is 12.8 Å². The van der Waals surface area contributed by atoms with Gasteiger partial charge in [-0.15, -0.1) is 40.8 Å². The monoisotopic (exact) mass is 565 g/mol. The van der Waals surface area contributed by atoms with Crippen molar-refractivity contribution in [2.24, 2.45) is 18.0 Å². The second kappa shape index (κ2) is 11.3. The third-order valence-electron chi connectivity index (χ3n) is 4.74. The molecule has 0 atom stereocenters. The zero-order valence-corrected chi connectivity index (χ0v) is 20.0. The highest BCUT2D eigenvalue weighted by Crippen LogP contribution is 2.30. The average molecular weight is 565 g/mol. The van der Waals surface area contributed by atoms with Gasteiger partial charge in [-0.2, -0.15) is 17.5 Å². The van der Waals surface area contributed by atoms with Crippen LogP contribution in [0.1, 0.15) is 24.5 Å². The van der Waals surface area contributed by atoms with Gasteiger partial charge < -0.3 is 15.2 Å². The molecule has 0 aliphatic carbocycles. The molecule has 2 heterocycles. The van der Waals surface area contributed by atoms with Crippen LogP contribution in [0.15, 0.2) is 17.6 Å². The van der Waals surface area contributed by atoms with E-state index in [-0.39, 0.29) is 43.0 Å². The largest absolute Gasteiger partial charge is 0.511 e. The maximum atomic E-state index is 12.7. The van der Waals surface area contributed by atoms with Crippen molar-refractivity contribution in [3.8, 4) is 0 Å². The topological polar surface area (TPSA) is 105 Å². The predicted molar refractivity (Wildman–Crippen MR) is 118 cm³/mol. The standard InChI is InChI=1S/C16H26F3N7O2S.HI/c1-4-7-20-15(22-11-14-24-23-12(2)25(14)3)21-10-13-5-8-26(9-6-13)29(27,28)16(17,18)19;/h4,13H,1,5-11H2,2-3H3,(H2,20,21,22);1H. The van der Waals surface area contributed by atoms with E-state index in [1.54, 1.807) is 6.08 Å². The quantitative estimate of drug-likeness (QED) is 0.225. The van der Waals surface area contributed by atoms with Gasteiger partial charge in [0, 0.05) is 33.2 Å². The first-order valence-electron chi connectivity index (χ1n) is 9.10. The lowest BCUT2D eigenvalue weighted by Gasteiger charge is -2.31. The Morgan fingerprint density at radius 2 is 1.93 bits per heavy atom. The summed E-state index contributed by atoms with van der Waals surface area (Å²) in [5.74, 6) is 2.00. The summed E-state index contributed by atoms with van der Waals surface area (Å²) in [5.41, 5.74) is -5.26. The summed E-state index contributed by atoms with van der Waals surface area (Å²) < 4.78 is 63.3. The number of guanidine groups is 1. The average Bonchev–Trinajstić information content (AvgIpc) is 2.99. The lowest BCUT2D eigenvalue weighted by molar-refractivity contribution is -0.0496. The van der Waals surface area contributed by atoms with E-state index in [2.05, 4.69) is 32.4 Å². The Bertz CT molecular complexity index is 834. The Hall–Kier alpha value is -1.42. The second-order valence-electron chi connectivity index (χ2n) is 6.73. The Kier molecular flexibility index (Phi) is 10.00. The summed E-state index contributed by atoms with van der Waals surface area (Å²) in [7, 11) is -3.42. The molecule has 0 aromatic carbocycles. The number of rotatable bonds is 7. The minimum absolute atomic E-state index is 0. The number of hydrogen-bond donors (Lipinski definition) is 2. The van der Waals surface area contributed by atoms with Gasteiger partial charge in [-0.05, 0) is 25.7 Å². The lowest BCUT2D eigenvalue weighted by atomic mass is 9.98. The molecular weight excluding hydrogens is 538 g/mol. The van der Waals surface area contributed by atoms with Gasteiger partial charge >= 0.3 is 15.5 Å². The van der Waals surface area contributed by atoms with Gasteiger partial charge in [-0.1, -0.05) is 6.08 Å². The maximum Gasteiger partial charge on any atom is 0.511 e. The molecule has 30 heavy (non-hydrogen) atoms. The fourth-order valence-electron chi connectivity index (χ4n) is 2.82. The van der Waals surface area contributed by atoms with Gasteiger partial charge in [0.25, 0.3) is 0 Å². The third kappa shape index (κ3) is 6.80. The highest BCUT2D eigenvalue weighted by molar-refractivity contribution is 14.0. The molecule has 0 saturated carbocycles. The van der Waals surface area contributed by atoms with E-state index in [4.69, 9.17) is 0 Å². The summed E-state index contributed by atoms with van der Waals surface area (Å²) in [4.78, 5) is 4.44. The molecule has 1 aromatic heterocycles. The molecule has 1 saturated heterocycles. The van der Waals surface area contributed by atoms with Crippen LogP contribution < -0.4 is 10.6 Å². The highest BCUT2D eigenvalue weighted by Gasteiger charge is 2.50. The van der Waals surface area contributed by atoms with Crippen LogP contribution in [-0.2, 0) is 23.6 Å². The molecule has 0 amide bonds. The number of alkyl halides is 3. The smallest absolute Gasteiger partial charge is 0.356 e. The zero-order valence-electron chi connectivity index (χ0n) is 16.8. The van der Waals surface area contributed by atoms with Gasteiger partial charge in [0.1, 0.15) is 12.4 Å². The second-order valence-corrected chi connectivity index (χ2v) is 8.66. The van der Waals surface area contributed by atoms with E-state index in [9.17, 15) is 21.6 Å². The molecule has 0 bridgehead atoms. The van der Waals surface area contributed by atoms with E-state index in [1.807, 2.05) is 18.5 Å². The van der Waals surface area contributed by atoms with Crippen LogP contribution in [0.2, 0.25) is 0 Å². The molecule has 1 aromatic rings. The molecule has 1 aliphatic heterocycles. The number of aromatic nitrogens is 3. The fourth-order valence-corrected chi connectivity index (χ4v) is 3.81. The first kappa shape index (κ1) is 26.6. The number of hydrogen-bond acceptors (Lipinski definition) is 5. The van der Waals surface area contributed by atoms with E-state index in [1.165, 1.54) is 0 Å². The van der Waals surface area contributed by atoms with Crippen LogP contribution in [-0.4, -0.2) is 65.1 Å².